The summed E-state index contributed by atoms with van der Waals surface area (Å²) in [6.07, 6.45) is 0. The van der Waals surface area contributed by atoms with Gasteiger partial charge >= 0.3 is 0 Å². The molecule has 0 heterocycles. The highest BCUT2D eigenvalue weighted by Gasteiger charge is 2.13. The van der Waals surface area contributed by atoms with Crippen molar-refractivity contribution in [3.63, 3.8) is 0 Å². The fraction of sp³-hybridized carbons (Fsp3) is 0.174. The summed E-state index contributed by atoms with van der Waals surface area (Å²) in [7, 11) is 0. The van der Waals surface area contributed by atoms with Crippen LogP contribution in [0.1, 0.15) is 18.1 Å². The van der Waals surface area contributed by atoms with Crippen LogP contribution in [0.5, 0.6) is 5.75 Å². The van der Waals surface area contributed by atoms with Crippen LogP contribution in [-0.2, 0) is 13.1 Å². The molecule has 0 radical (unpaired) electrons. The van der Waals surface area contributed by atoms with Gasteiger partial charge in [0.1, 0.15) is 5.75 Å². The van der Waals surface area contributed by atoms with Crippen molar-refractivity contribution in [2.75, 3.05) is 11.9 Å². The van der Waals surface area contributed by atoms with Crippen LogP contribution in [-0.4, -0.2) is 16.6 Å². The Morgan fingerprint density at radius 2 is 1.50 bits per heavy atom. The number of nitrogens with zero attached hydrogens (tertiary/aromatic N) is 1. The molecule has 144 valence electrons. The van der Waals surface area contributed by atoms with Crippen molar-refractivity contribution in [1.82, 2.24) is 4.90 Å². The molecule has 3 aromatic rings. The molecule has 0 fully saturated rings. The number of thiocarbonyl (C=S) groups is 1. The van der Waals surface area contributed by atoms with Gasteiger partial charge in [-0.25, -0.2) is 0 Å². The molecule has 0 aliphatic rings. The number of halogens is 1. The van der Waals surface area contributed by atoms with E-state index in [1.165, 1.54) is 11.1 Å². The molecule has 0 saturated heterocycles. The third-order valence-corrected chi connectivity index (χ3v) is 5.11. The van der Waals surface area contributed by atoms with Gasteiger partial charge in [0.25, 0.3) is 0 Å². The van der Waals surface area contributed by atoms with Crippen LogP contribution in [0, 0.1) is 0 Å². The van der Waals surface area contributed by atoms with Crippen LogP contribution in [0.15, 0.2) is 83.3 Å². The van der Waals surface area contributed by atoms with Gasteiger partial charge in [-0.15, -0.1) is 0 Å². The number of para-hydroxylation sites is 2. The Labute approximate surface area is 180 Å². The van der Waals surface area contributed by atoms with E-state index >= 15 is 0 Å². The van der Waals surface area contributed by atoms with Gasteiger partial charge in [0.2, 0.25) is 0 Å². The fourth-order valence-corrected chi connectivity index (χ4v) is 3.36. The molecule has 28 heavy (non-hydrogen) atoms. The molecule has 0 atom stereocenters. The average molecular weight is 455 g/mol. The van der Waals surface area contributed by atoms with Gasteiger partial charge in [0.15, 0.2) is 5.11 Å². The van der Waals surface area contributed by atoms with Crippen molar-refractivity contribution in [3.8, 4) is 5.75 Å². The van der Waals surface area contributed by atoms with E-state index in [0.717, 1.165) is 22.5 Å². The van der Waals surface area contributed by atoms with Gasteiger partial charge in [-0.05, 0) is 54.5 Å². The van der Waals surface area contributed by atoms with E-state index in [1.54, 1.807) is 0 Å². The standard InChI is InChI=1S/C23H23BrN2OS/c1-2-27-22-11-7-6-10-21(22)25-23(28)26(16-18-8-4-3-5-9-18)17-19-12-14-20(24)15-13-19/h3-15H,2,16-17H2,1H3,(H,25,28). The summed E-state index contributed by atoms with van der Waals surface area (Å²) in [5.74, 6) is 0.802. The monoisotopic (exact) mass is 454 g/mol. The van der Waals surface area contributed by atoms with E-state index in [9.17, 15) is 0 Å². The van der Waals surface area contributed by atoms with Crippen molar-refractivity contribution in [1.29, 1.82) is 0 Å². The predicted molar refractivity (Wildman–Crippen MR) is 124 cm³/mol. The van der Waals surface area contributed by atoms with E-state index in [2.05, 4.69) is 62.5 Å². The fourth-order valence-electron chi connectivity index (χ4n) is 2.86. The maximum Gasteiger partial charge on any atom is 0.174 e. The van der Waals surface area contributed by atoms with Gasteiger partial charge in [0.05, 0.1) is 12.3 Å². The zero-order valence-corrected chi connectivity index (χ0v) is 18.2. The molecule has 0 saturated carbocycles. The molecule has 0 aliphatic heterocycles. The first-order chi connectivity index (χ1) is 13.7. The Balaban J connectivity index is 1.80. The third kappa shape index (κ3) is 5.81. The van der Waals surface area contributed by atoms with E-state index in [0.29, 0.717) is 18.3 Å². The molecule has 3 aromatic carbocycles. The summed E-state index contributed by atoms with van der Waals surface area (Å²) >= 11 is 9.27. The Morgan fingerprint density at radius 3 is 2.18 bits per heavy atom. The van der Waals surface area contributed by atoms with E-state index < -0.39 is 0 Å². The largest absolute Gasteiger partial charge is 0.492 e. The lowest BCUT2D eigenvalue weighted by Crippen LogP contribution is -2.34. The minimum absolute atomic E-state index is 0.609. The predicted octanol–water partition coefficient (Wildman–Crippen LogP) is 6.25. The minimum Gasteiger partial charge on any atom is -0.492 e. The first-order valence-corrected chi connectivity index (χ1v) is 10.4. The van der Waals surface area contributed by atoms with Crippen LogP contribution in [0.3, 0.4) is 0 Å². The van der Waals surface area contributed by atoms with Crippen molar-refractivity contribution in [3.05, 3.63) is 94.5 Å². The molecule has 0 aromatic heterocycles. The number of ether oxygens (including phenoxy) is 1. The highest BCUT2D eigenvalue weighted by atomic mass is 79.9. The molecule has 3 rings (SSSR count). The smallest absolute Gasteiger partial charge is 0.174 e. The number of nitrogens with one attached hydrogen (secondary N) is 1. The highest BCUT2D eigenvalue weighted by molar-refractivity contribution is 9.10. The van der Waals surface area contributed by atoms with Crippen molar-refractivity contribution < 1.29 is 4.74 Å². The lowest BCUT2D eigenvalue weighted by molar-refractivity contribution is 0.342. The maximum absolute atomic E-state index is 5.78. The number of rotatable bonds is 7. The SMILES string of the molecule is CCOc1ccccc1NC(=S)N(Cc1ccccc1)Cc1ccc(Br)cc1. The van der Waals surface area contributed by atoms with Crippen LogP contribution in [0.25, 0.3) is 0 Å². The van der Waals surface area contributed by atoms with Gasteiger partial charge in [-0.3, -0.25) is 0 Å². The summed E-state index contributed by atoms with van der Waals surface area (Å²) in [5, 5.41) is 4.04. The quantitative estimate of drug-likeness (QED) is 0.426. The summed E-state index contributed by atoms with van der Waals surface area (Å²) in [6.45, 7) is 4.02. The van der Waals surface area contributed by atoms with Gasteiger partial charge in [0, 0.05) is 17.6 Å². The summed E-state index contributed by atoms with van der Waals surface area (Å²) in [6, 6.07) is 26.6. The van der Waals surface area contributed by atoms with Gasteiger partial charge < -0.3 is 15.0 Å². The Kier molecular flexibility index (Phi) is 7.46. The van der Waals surface area contributed by atoms with Crippen molar-refractivity contribution >= 4 is 38.9 Å². The molecule has 5 heteroatoms. The second kappa shape index (κ2) is 10.2. The first-order valence-electron chi connectivity index (χ1n) is 9.22. The highest BCUT2D eigenvalue weighted by Crippen LogP contribution is 2.25. The van der Waals surface area contributed by atoms with E-state index in [4.69, 9.17) is 17.0 Å². The van der Waals surface area contributed by atoms with Crippen LogP contribution < -0.4 is 10.1 Å². The average Bonchev–Trinajstić information content (AvgIpc) is 2.71. The topological polar surface area (TPSA) is 24.5 Å². The molecule has 0 unspecified atom stereocenters. The zero-order chi connectivity index (χ0) is 19.8. The molecule has 0 bridgehead atoms. The summed E-state index contributed by atoms with van der Waals surface area (Å²) < 4.78 is 6.79. The number of hydrogen-bond donors (Lipinski definition) is 1. The Morgan fingerprint density at radius 1 is 0.893 bits per heavy atom. The second-order valence-electron chi connectivity index (χ2n) is 6.33. The van der Waals surface area contributed by atoms with E-state index in [1.807, 2.05) is 49.4 Å². The molecule has 0 aliphatic carbocycles. The van der Waals surface area contributed by atoms with Gasteiger partial charge in [-0.2, -0.15) is 0 Å². The number of hydrogen-bond acceptors (Lipinski definition) is 2. The maximum atomic E-state index is 5.78. The second-order valence-corrected chi connectivity index (χ2v) is 7.63. The van der Waals surface area contributed by atoms with Crippen molar-refractivity contribution in [2.24, 2.45) is 0 Å². The number of anilines is 1. The molecule has 3 nitrogen and oxygen atoms in total. The molecular formula is C23H23BrN2OS. The Hall–Kier alpha value is -2.37. The van der Waals surface area contributed by atoms with Crippen LogP contribution in [0.4, 0.5) is 5.69 Å². The minimum atomic E-state index is 0.609. The lowest BCUT2D eigenvalue weighted by Gasteiger charge is -2.27. The molecular weight excluding hydrogens is 432 g/mol. The third-order valence-electron chi connectivity index (χ3n) is 4.22. The van der Waals surface area contributed by atoms with Gasteiger partial charge in [-0.1, -0.05) is 70.5 Å². The molecule has 0 amide bonds. The van der Waals surface area contributed by atoms with Crippen molar-refractivity contribution in [2.45, 2.75) is 20.0 Å². The Bertz CT molecular complexity index is 900. The normalized spacial score (nSPS) is 10.4. The van der Waals surface area contributed by atoms with Crippen LogP contribution >= 0.6 is 28.1 Å². The lowest BCUT2D eigenvalue weighted by atomic mass is 10.2. The summed E-state index contributed by atoms with van der Waals surface area (Å²) in [4.78, 5) is 2.16. The number of benzene rings is 3. The summed E-state index contributed by atoms with van der Waals surface area (Å²) in [5.41, 5.74) is 3.28. The first kappa shape index (κ1) is 20.4. The molecule has 0 spiro atoms. The zero-order valence-electron chi connectivity index (χ0n) is 15.8. The molecule has 1 N–H and O–H groups in total. The van der Waals surface area contributed by atoms with Crippen LogP contribution in [0.2, 0.25) is 0 Å². The van der Waals surface area contributed by atoms with E-state index in [-0.39, 0.29) is 0 Å².